The van der Waals surface area contributed by atoms with Crippen molar-refractivity contribution in [2.45, 2.75) is 6.92 Å². The minimum Gasteiger partial charge on any atom is -0.481 e. The van der Waals surface area contributed by atoms with Crippen molar-refractivity contribution in [1.29, 1.82) is 0 Å². The van der Waals surface area contributed by atoms with Crippen LogP contribution in [-0.2, 0) is 9.59 Å². The zero-order chi connectivity index (χ0) is 17.8. The van der Waals surface area contributed by atoms with Crippen molar-refractivity contribution in [3.63, 3.8) is 0 Å². The van der Waals surface area contributed by atoms with Crippen molar-refractivity contribution in [2.75, 3.05) is 52.6 Å². The lowest BCUT2D eigenvalue weighted by atomic mass is 10.2. The van der Waals surface area contributed by atoms with Crippen LogP contribution in [0.2, 0.25) is 0 Å². The summed E-state index contributed by atoms with van der Waals surface area (Å²) in [7, 11) is 0. The lowest BCUT2D eigenvalue weighted by Crippen LogP contribution is -2.21. The van der Waals surface area contributed by atoms with E-state index in [-0.39, 0.29) is 26.4 Å². The Bertz CT molecular complexity index is 221. The third kappa shape index (κ3) is 27.1. The van der Waals surface area contributed by atoms with Crippen LogP contribution in [0.1, 0.15) is 6.92 Å². The van der Waals surface area contributed by atoms with E-state index in [1.807, 2.05) is 0 Å². The largest absolute Gasteiger partial charge is 0.481 e. The average Bonchev–Trinajstić information content (AvgIpc) is 2.48. The van der Waals surface area contributed by atoms with Gasteiger partial charge in [-0.2, -0.15) is 0 Å². The van der Waals surface area contributed by atoms with Gasteiger partial charge in [0.15, 0.2) is 5.92 Å². The first-order valence-electron chi connectivity index (χ1n) is 6.69. The number of aliphatic hydroxyl groups is 4. The second-order valence-electron chi connectivity index (χ2n) is 3.79. The highest BCUT2D eigenvalue weighted by Gasteiger charge is 2.18. The standard InChI is InChI=1S/2C4H11NO2.C4H6O4/c2*6-3-1-5-2-4-7;1-2(3(5)6)4(7)8/h2*5-7H,1-4H2;2H,1H3,(H,5,6)(H,7,8). The van der Waals surface area contributed by atoms with Gasteiger partial charge in [-0.1, -0.05) is 0 Å². The van der Waals surface area contributed by atoms with Gasteiger partial charge in [-0.25, -0.2) is 0 Å². The van der Waals surface area contributed by atoms with Crippen LogP contribution < -0.4 is 10.6 Å². The van der Waals surface area contributed by atoms with Gasteiger partial charge in [-0.3, -0.25) is 9.59 Å². The van der Waals surface area contributed by atoms with Crippen LogP contribution in [0.4, 0.5) is 0 Å². The zero-order valence-corrected chi connectivity index (χ0v) is 12.7. The molecule has 0 aliphatic carbocycles. The number of carboxylic acids is 2. The van der Waals surface area contributed by atoms with Gasteiger partial charge in [0.2, 0.25) is 0 Å². The molecule has 0 spiro atoms. The van der Waals surface area contributed by atoms with E-state index in [0.717, 1.165) is 6.92 Å². The van der Waals surface area contributed by atoms with Crippen LogP contribution in [0.15, 0.2) is 0 Å². The van der Waals surface area contributed by atoms with E-state index in [1.165, 1.54) is 0 Å². The molecule has 0 saturated heterocycles. The van der Waals surface area contributed by atoms with Crippen molar-refractivity contribution < 1.29 is 40.2 Å². The molecule has 134 valence electrons. The van der Waals surface area contributed by atoms with E-state index < -0.39 is 17.9 Å². The predicted molar refractivity (Wildman–Crippen MR) is 78.5 cm³/mol. The molecule has 0 unspecified atom stereocenters. The molecular formula is C12H28N2O8. The minimum absolute atomic E-state index is 0.139. The Morgan fingerprint density at radius 1 is 0.727 bits per heavy atom. The molecule has 10 nitrogen and oxygen atoms in total. The monoisotopic (exact) mass is 328 g/mol. The van der Waals surface area contributed by atoms with E-state index in [1.54, 1.807) is 0 Å². The summed E-state index contributed by atoms with van der Waals surface area (Å²) in [5.74, 6) is -3.91. The fourth-order valence-electron chi connectivity index (χ4n) is 0.672. The van der Waals surface area contributed by atoms with Crippen LogP contribution in [0.25, 0.3) is 0 Å². The molecule has 0 aliphatic rings. The highest BCUT2D eigenvalue weighted by Crippen LogP contribution is 1.91. The summed E-state index contributed by atoms with van der Waals surface area (Å²) in [5, 5.41) is 54.1. The molecule has 0 radical (unpaired) electrons. The molecule has 0 rings (SSSR count). The van der Waals surface area contributed by atoms with Gasteiger partial charge in [0, 0.05) is 26.2 Å². The average molecular weight is 328 g/mol. The Kier molecular flexibility index (Phi) is 25.6. The van der Waals surface area contributed by atoms with Crippen LogP contribution in [0, 0.1) is 5.92 Å². The maximum atomic E-state index is 9.76. The topological polar surface area (TPSA) is 180 Å². The first-order chi connectivity index (χ1) is 10.4. The highest BCUT2D eigenvalue weighted by molar-refractivity contribution is 5.92. The Labute approximate surface area is 129 Å². The predicted octanol–water partition coefficient (Wildman–Crippen LogP) is -3.09. The summed E-state index contributed by atoms with van der Waals surface area (Å²) in [5.41, 5.74) is 0. The van der Waals surface area contributed by atoms with Crippen molar-refractivity contribution in [1.82, 2.24) is 10.6 Å². The summed E-state index contributed by atoms with van der Waals surface area (Å²) >= 11 is 0. The van der Waals surface area contributed by atoms with Gasteiger partial charge in [-0.15, -0.1) is 0 Å². The lowest BCUT2D eigenvalue weighted by molar-refractivity contribution is -0.153. The summed E-state index contributed by atoms with van der Waals surface area (Å²) in [6.45, 7) is 3.95. The van der Waals surface area contributed by atoms with Crippen molar-refractivity contribution in [3.8, 4) is 0 Å². The molecule has 0 atom stereocenters. The normalized spacial score (nSPS) is 9.36. The van der Waals surface area contributed by atoms with Crippen LogP contribution >= 0.6 is 0 Å². The Morgan fingerprint density at radius 2 is 0.955 bits per heavy atom. The van der Waals surface area contributed by atoms with Gasteiger partial charge >= 0.3 is 11.9 Å². The number of carbonyl (C=O) groups is 2. The van der Waals surface area contributed by atoms with E-state index in [2.05, 4.69) is 10.6 Å². The van der Waals surface area contributed by atoms with Crippen molar-refractivity contribution in [3.05, 3.63) is 0 Å². The Morgan fingerprint density at radius 3 is 1.05 bits per heavy atom. The van der Waals surface area contributed by atoms with Crippen LogP contribution in [0.5, 0.6) is 0 Å². The number of carboxylic acid groups (broad SMARTS) is 2. The van der Waals surface area contributed by atoms with Crippen molar-refractivity contribution >= 4 is 11.9 Å². The van der Waals surface area contributed by atoms with Gasteiger partial charge in [0.05, 0.1) is 26.4 Å². The molecule has 0 amide bonds. The number of nitrogens with one attached hydrogen (secondary N) is 2. The first-order valence-corrected chi connectivity index (χ1v) is 6.69. The first kappa shape index (κ1) is 25.6. The summed E-state index contributed by atoms with van der Waals surface area (Å²) in [6.07, 6.45) is 0. The molecule has 8 N–H and O–H groups in total. The van der Waals surface area contributed by atoms with Crippen molar-refractivity contribution in [2.24, 2.45) is 5.92 Å². The van der Waals surface area contributed by atoms with E-state index >= 15 is 0 Å². The smallest absolute Gasteiger partial charge is 0.317 e. The summed E-state index contributed by atoms with van der Waals surface area (Å²) in [4.78, 5) is 19.5. The summed E-state index contributed by atoms with van der Waals surface area (Å²) < 4.78 is 0. The fraction of sp³-hybridized carbons (Fsp3) is 0.833. The number of rotatable bonds is 10. The summed E-state index contributed by atoms with van der Waals surface area (Å²) in [6, 6.07) is 0. The molecule has 0 aromatic heterocycles. The lowest BCUT2D eigenvalue weighted by Gasteiger charge is -1.94. The van der Waals surface area contributed by atoms with Gasteiger partial charge in [0.1, 0.15) is 0 Å². The minimum atomic E-state index is -1.31. The third-order valence-corrected chi connectivity index (χ3v) is 1.90. The molecule has 0 aromatic rings. The second kappa shape index (κ2) is 22.0. The fourth-order valence-corrected chi connectivity index (χ4v) is 0.672. The molecule has 0 fully saturated rings. The molecular weight excluding hydrogens is 300 g/mol. The van der Waals surface area contributed by atoms with Gasteiger partial charge in [-0.05, 0) is 6.92 Å². The second-order valence-corrected chi connectivity index (χ2v) is 3.79. The maximum Gasteiger partial charge on any atom is 0.317 e. The van der Waals surface area contributed by atoms with E-state index in [4.69, 9.17) is 30.6 Å². The number of aliphatic carboxylic acids is 2. The van der Waals surface area contributed by atoms with Gasteiger partial charge < -0.3 is 41.3 Å². The SMILES string of the molecule is CC(C(=O)O)C(=O)O.OCCNCCO.OCCNCCO. The van der Waals surface area contributed by atoms with Crippen LogP contribution in [0.3, 0.4) is 0 Å². The molecule has 0 saturated carbocycles. The third-order valence-electron chi connectivity index (χ3n) is 1.90. The molecule has 10 heteroatoms. The zero-order valence-electron chi connectivity index (χ0n) is 12.7. The molecule has 22 heavy (non-hydrogen) atoms. The molecule has 0 aliphatic heterocycles. The quantitative estimate of drug-likeness (QED) is 0.151. The van der Waals surface area contributed by atoms with E-state index in [9.17, 15) is 9.59 Å². The molecule has 0 bridgehead atoms. The van der Waals surface area contributed by atoms with Gasteiger partial charge in [0.25, 0.3) is 0 Å². The molecule has 0 aromatic carbocycles. The number of hydrogen-bond donors (Lipinski definition) is 8. The molecule has 0 heterocycles. The van der Waals surface area contributed by atoms with E-state index in [0.29, 0.717) is 26.2 Å². The Hall–Kier alpha value is -1.30. The maximum absolute atomic E-state index is 9.76. The highest BCUT2D eigenvalue weighted by atomic mass is 16.4. The number of hydrogen-bond acceptors (Lipinski definition) is 8. The Balaban J connectivity index is -0.000000247. The number of aliphatic hydroxyl groups excluding tert-OH is 4. The van der Waals surface area contributed by atoms with Crippen LogP contribution in [-0.4, -0.2) is 95.2 Å².